The number of aryl methyl sites for hydroxylation is 1. The van der Waals surface area contributed by atoms with E-state index in [2.05, 4.69) is 5.32 Å². The standard InChI is InChI=1S/C17H16Cl3NOS/c1-12-7-9-14(10-8-12)15(22)21-16(17(18,19)20)23-11-13-5-3-2-4-6-13/h2-10,16H,11H2,1H3,(H,21,22). The maximum absolute atomic E-state index is 12.3. The molecule has 0 aliphatic rings. The van der Waals surface area contributed by atoms with E-state index in [9.17, 15) is 4.79 Å². The molecule has 2 aromatic carbocycles. The topological polar surface area (TPSA) is 29.1 Å². The van der Waals surface area contributed by atoms with Crippen molar-refractivity contribution in [3.8, 4) is 0 Å². The van der Waals surface area contributed by atoms with Gasteiger partial charge < -0.3 is 5.32 Å². The first-order chi connectivity index (χ1) is 10.9. The van der Waals surface area contributed by atoms with Crippen molar-refractivity contribution in [3.05, 3.63) is 71.3 Å². The average Bonchev–Trinajstić information content (AvgIpc) is 2.51. The number of hydrogen-bond acceptors (Lipinski definition) is 2. The normalized spacial score (nSPS) is 12.7. The van der Waals surface area contributed by atoms with Gasteiger partial charge in [0.25, 0.3) is 5.91 Å². The number of benzene rings is 2. The maximum Gasteiger partial charge on any atom is 0.252 e. The van der Waals surface area contributed by atoms with Crippen LogP contribution in [0.1, 0.15) is 21.5 Å². The monoisotopic (exact) mass is 387 g/mol. The highest BCUT2D eigenvalue weighted by Crippen LogP contribution is 2.37. The van der Waals surface area contributed by atoms with Gasteiger partial charge >= 0.3 is 0 Å². The molecule has 23 heavy (non-hydrogen) atoms. The fourth-order valence-corrected chi connectivity index (χ4v) is 3.54. The number of nitrogens with one attached hydrogen (secondary N) is 1. The number of thioether (sulfide) groups is 1. The summed E-state index contributed by atoms with van der Waals surface area (Å²) >= 11 is 19.4. The molecule has 0 fully saturated rings. The van der Waals surface area contributed by atoms with E-state index < -0.39 is 9.17 Å². The van der Waals surface area contributed by atoms with Crippen LogP contribution in [-0.4, -0.2) is 15.1 Å². The fourth-order valence-electron chi connectivity index (χ4n) is 1.88. The fraction of sp³-hybridized carbons (Fsp3) is 0.235. The summed E-state index contributed by atoms with van der Waals surface area (Å²) in [6.45, 7) is 1.96. The molecule has 2 nitrogen and oxygen atoms in total. The van der Waals surface area contributed by atoms with Crippen molar-refractivity contribution in [3.63, 3.8) is 0 Å². The molecule has 0 aliphatic heterocycles. The molecule has 1 unspecified atom stereocenters. The molecular formula is C17H16Cl3NOS. The highest BCUT2D eigenvalue weighted by molar-refractivity contribution is 7.99. The van der Waals surface area contributed by atoms with E-state index in [1.165, 1.54) is 11.8 Å². The Kier molecular flexibility index (Phi) is 6.66. The quantitative estimate of drug-likeness (QED) is 0.552. The van der Waals surface area contributed by atoms with E-state index in [4.69, 9.17) is 34.8 Å². The van der Waals surface area contributed by atoms with Gasteiger partial charge in [-0.2, -0.15) is 0 Å². The van der Waals surface area contributed by atoms with Crippen molar-refractivity contribution in [2.24, 2.45) is 0 Å². The van der Waals surface area contributed by atoms with Crippen LogP contribution in [0, 0.1) is 6.92 Å². The van der Waals surface area contributed by atoms with Gasteiger partial charge in [-0.05, 0) is 24.6 Å². The van der Waals surface area contributed by atoms with Gasteiger partial charge in [0, 0.05) is 11.3 Å². The van der Waals surface area contributed by atoms with Gasteiger partial charge in [-0.15, -0.1) is 11.8 Å². The smallest absolute Gasteiger partial charge is 0.252 e. The van der Waals surface area contributed by atoms with Gasteiger partial charge in [0.1, 0.15) is 5.37 Å². The molecule has 2 aromatic rings. The van der Waals surface area contributed by atoms with Crippen LogP contribution in [0.3, 0.4) is 0 Å². The summed E-state index contributed by atoms with van der Waals surface area (Å²) in [7, 11) is 0. The molecule has 0 aromatic heterocycles. The molecule has 1 amide bonds. The molecule has 0 saturated carbocycles. The molecule has 0 saturated heterocycles. The highest BCUT2D eigenvalue weighted by Gasteiger charge is 2.34. The number of amides is 1. The third-order valence-electron chi connectivity index (χ3n) is 3.13. The van der Waals surface area contributed by atoms with Crippen LogP contribution >= 0.6 is 46.6 Å². The Morgan fingerprint density at radius 3 is 2.26 bits per heavy atom. The summed E-state index contributed by atoms with van der Waals surface area (Å²) in [4.78, 5) is 12.3. The van der Waals surface area contributed by atoms with Gasteiger partial charge in [0.05, 0.1) is 0 Å². The van der Waals surface area contributed by atoms with Crippen molar-refractivity contribution < 1.29 is 4.79 Å². The Morgan fingerprint density at radius 1 is 1.09 bits per heavy atom. The number of carbonyl (C=O) groups excluding carboxylic acids is 1. The summed E-state index contributed by atoms with van der Waals surface area (Å²) in [6.07, 6.45) is 0. The van der Waals surface area contributed by atoms with Crippen LogP contribution in [0.2, 0.25) is 0 Å². The minimum Gasteiger partial charge on any atom is -0.336 e. The SMILES string of the molecule is Cc1ccc(C(=O)NC(SCc2ccccc2)C(Cl)(Cl)Cl)cc1. The number of carbonyl (C=O) groups is 1. The molecule has 6 heteroatoms. The van der Waals surface area contributed by atoms with E-state index in [1.54, 1.807) is 12.1 Å². The van der Waals surface area contributed by atoms with Gasteiger partial charge in [-0.25, -0.2) is 0 Å². The summed E-state index contributed by atoms with van der Waals surface area (Å²) in [5.41, 5.74) is 2.72. The highest BCUT2D eigenvalue weighted by atomic mass is 35.6. The van der Waals surface area contributed by atoms with E-state index in [-0.39, 0.29) is 5.91 Å². The second-order valence-electron chi connectivity index (χ2n) is 5.06. The first-order valence-electron chi connectivity index (χ1n) is 6.96. The van der Waals surface area contributed by atoms with E-state index in [0.717, 1.165) is 11.1 Å². The zero-order valence-corrected chi connectivity index (χ0v) is 15.5. The zero-order valence-electron chi connectivity index (χ0n) is 12.4. The number of rotatable bonds is 5. The number of halogens is 3. The lowest BCUT2D eigenvalue weighted by Gasteiger charge is -2.25. The van der Waals surface area contributed by atoms with Crippen LogP contribution < -0.4 is 5.32 Å². The van der Waals surface area contributed by atoms with Crippen molar-refractivity contribution in [1.29, 1.82) is 0 Å². The molecule has 0 spiro atoms. The Hall–Kier alpha value is -0.870. The lowest BCUT2D eigenvalue weighted by atomic mass is 10.1. The van der Waals surface area contributed by atoms with Crippen molar-refractivity contribution in [2.75, 3.05) is 0 Å². The lowest BCUT2D eigenvalue weighted by Crippen LogP contribution is -2.41. The van der Waals surface area contributed by atoms with Crippen molar-refractivity contribution >= 4 is 52.5 Å². The van der Waals surface area contributed by atoms with Crippen molar-refractivity contribution in [1.82, 2.24) is 5.32 Å². The Bertz CT molecular complexity index is 641. The zero-order chi connectivity index (χ0) is 16.9. The largest absolute Gasteiger partial charge is 0.336 e. The molecule has 0 aliphatic carbocycles. The molecule has 1 atom stereocenters. The van der Waals surface area contributed by atoms with E-state index >= 15 is 0 Å². The summed E-state index contributed by atoms with van der Waals surface area (Å²) < 4.78 is -1.60. The molecule has 0 heterocycles. The van der Waals surface area contributed by atoms with Crippen LogP contribution in [0.5, 0.6) is 0 Å². The minimum absolute atomic E-state index is 0.262. The summed E-state index contributed by atoms with van der Waals surface area (Å²) in [5, 5.41) is 2.14. The summed E-state index contributed by atoms with van der Waals surface area (Å²) in [6, 6.07) is 17.1. The van der Waals surface area contributed by atoms with E-state index in [1.807, 2.05) is 49.4 Å². The molecule has 2 rings (SSSR count). The summed E-state index contributed by atoms with van der Waals surface area (Å²) in [5.74, 6) is 0.370. The first kappa shape index (κ1) is 18.5. The van der Waals surface area contributed by atoms with Crippen LogP contribution in [0.15, 0.2) is 54.6 Å². The first-order valence-corrected chi connectivity index (χ1v) is 9.14. The molecule has 0 bridgehead atoms. The second kappa shape index (κ2) is 8.29. The van der Waals surface area contributed by atoms with Gasteiger partial charge in [0.15, 0.2) is 0 Å². The number of alkyl halides is 3. The van der Waals surface area contributed by atoms with Crippen LogP contribution in [0.25, 0.3) is 0 Å². The van der Waals surface area contributed by atoms with Crippen LogP contribution in [0.4, 0.5) is 0 Å². The van der Waals surface area contributed by atoms with Gasteiger partial charge in [-0.1, -0.05) is 82.8 Å². The maximum atomic E-state index is 12.3. The predicted octanol–water partition coefficient (Wildman–Crippen LogP) is 5.35. The Morgan fingerprint density at radius 2 is 1.70 bits per heavy atom. The number of hydrogen-bond donors (Lipinski definition) is 1. The second-order valence-corrected chi connectivity index (χ2v) is 8.52. The molecule has 122 valence electrons. The average molecular weight is 389 g/mol. The minimum atomic E-state index is -1.60. The Labute approximate surface area is 155 Å². The van der Waals surface area contributed by atoms with E-state index in [0.29, 0.717) is 11.3 Å². The van der Waals surface area contributed by atoms with Gasteiger partial charge in [0.2, 0.25) is 3.79 Å². The van der Waals surface area contributed by atoms with Crippen LogP contribution in [-0.2, 0) is 5.75 Å². The molecule has 0 radical (unpaired) electrons. The Balaban J connectivity index is 2.04. The molecular weight excluding hydrogens is 373 g/mol. The molecule has 1 N–H and O–H groups in total. The van der Waals surface area contributed by atoms with Crippen molar-refractivity contribution in [2.45, 2.75) is 21.8 Å². The lowest BCUT2D eigenvalue weighted by molar-refractivity contribution is 0.0950. The van der Waals surface area contributed by atoms with Gasteiger partial charge in [-0.3, -0.25) is 4.79 Å². The third kappa shape index (κ3) is 5.92. The predicted molar refractivity (Wildman–Crippen MR) is 100 cm³/mol. The third-order valence-corrected chi connectivity index (χ3v) is 5.48.